The Hall–Kier alpha value is -1.18. The maximum Gasteiger partial charge on any atom is 0.175 e. The summed E-state index contributed by atoms with van der Waals surface area (Å²) in [4.78, 5) is 0.321. The van der Waals surface area contributed by atoms with Crippen LogP contribution in [0, 0.1) is 0 Å². The van der Waals surface area contributed by atoms with Crippen LogP contribution in [0.1, 0.15) is 24.2 Å². The van der Waals surface area contributed by atoms with Crippen molar-refractivity contribution in [2.45, 2.75) is 17.9 Å². The van der Waals surface area contributed by atoms with E-state index in [0.29, 0.717) is 4.90 Å². The summed E-state index contributed by atoms with van der Waals surface area (Å²) >= 11 is 3.50. The molecule has 0 aliphatic heterocycles. The molecule has 0 saturated heterocycles. The number of benzene rings is 1. The SMILES string of the molecule is CCNC(c1cccc(S(C)(=O)=O)c1)c1c(Br)cnn1C. The van der Waals surface area contributed by atoms with Crippen molar-refractivity contribution < 1.29 is 8.42 Å². The number of halogens is 1. The first-order valence-corrected chi connectivity index (χ1v) is 9.23. The molecule has 1 atom stereocenters. The van der Waals surface area contributed by atoms with Gasteiger partial charge in [-0.1, -0.05) is 19.1 Å². The standard InChI is InChI=1S/C14H18BrN3O2S/c1-4-16-13(14-12(15)9-17-18(14)2)10-6-5-7-11(8-10)21(3,19)20/h5-9,13,16H,4H2,1-3H3. The van der Waals surface area contributed by atoms with E-state index in [0.717, 1.165) is 22.3 Å². The molecule has 1 heterocycles. The number of hydrogen-bond acceptors (Lipinski definition) is 4. The maximum atomic E-state index is 11.7. The van der Waals surface area contributed by atoms with Crippen LogP contribution in [0.5, 0.6) is 0 Å². The Labute approximate surface area is 133 Å². The van der Waals surface area contributed by atoms with Crippen molar-refractivity contribution >= 4 is 25.8 Å². The van der Waals surface area contributed by atoms with E-state index in [4.69, 9.17) is 0 Å². The van der Waals surface area contributed by atoms with Gasteiger partial charge in [-0.3, -0.25) is 4.68 Å². The topological polar surface area (TPSA) is 64.0 Å². The Morgan fingerprint density at radius 1 is 1.43 bits per heavy atom. The fourth-order valence-corrected chi connectivity index (χ4v) is 3.50. The van der Waals surface area contributed by atoms with Gasteiger partial charge in [-0.25, -0.2) is 8.42 Å². The number of sulfone groups is 1. The molecule has 1 aromatic carbocycles. The van der Waals surface area contributed by atoms with Gasteiger partial charge in [0.2, 0.25) is 0 Å². The Bertz CT molecular complexity index is 721. The van der Waals surface area contributed by atoms with Crippen LogP contribution in [0.2, 0.25) is 0 Å². The van der Waals surface area contributed by atoms with Gasteiger partial charge in [0.1, 0.15) is 0 Å². The Kier molecular flexibility index (Phi) is 4.85. The second kappa shape index (κ2) is 6.29. The van der Waals surface area contributed by atoms with Crippen LogP contribution in [-0.4, -0.2) is 31.0 Å². The highest BCUT2D eigenvalue weighted by molar-refractivity contribution is 9.10. The van der Waals surface area contributed by atoms with Crippen molar-refractivity contribution in [1.82, 2.24) is 15.1 Å². The van der Waals surface area contributed by atoms with Crippen LogP contribution < -0.4 is 5.32 Å². The summed E-state index contributed by atoms with van der Waals surface area (Å²) in [5.41, 5.74) is 1.85. The van der Waals surface area contributed by atoms with Crippen LogP contribution >= 0.6 is 15.9 Å². The Balaban J connectivity index is 2.54. The molecule has 1 unspecified atom stereocenters. The third-order valence-electron chi connectivity index (χ3n) is 3.24. The predicted octanol–water partition coefficient (Wildman–Crippen LogP) is 2.29. The van der Waals surface area contributed by atoms with Crippen molar-refractivity contribution in [3.8, 4) is 0 Å². The first-order valence-electron chi connectivity index (χ1n) is 6.55. The zero-order valence-electron chi connectivity index (χ0n) is 12.2. The van der Waals surface area contributed by atoms with Crippen molar-refractivity contribution in [3.63, 3.8) is 0 Å². The summed E-state index contributed by atoms with van der Waals surface area (Å²) in [5, 5.41) is 7.60. The third-order valence-corrected chi connectivity index (χ3v) is 4.96. The molecule has 1 N–H and O–H groups in total. The van der Waals surface area contributed by atoms with Crippen molar-refractivity contribution in [2.24, 2.45) is 7.05 Å². The lowest BCUT2D eigenvalue weighted by Crippen LogP contribution is -2.24. The number of aromatic nitrogens is 2. The monoisotopic (exact) mass is 371 g/mol. The van der Waals surface area contributed by atoms with E-state index in [2.05, 4.69) is 26.3 Å². The molecule has 2 aromatic rings. The van der Waals surface area contributed by atoms with Gasteiger partial charge >= 0.3 is 0 Å². The maximum absolute atomic E-state index is 11.7. The molecule has 21 heavy (non-hydrogen) atoms. The van der Waals surface area contributed by atoms with E-state index in [-0.39, 0.29) is 6.04 Å². The van der Waals surface area contributed by atoms with Gasteiger partial charge in [-0.2, -0.15) is 5.10 Å². The first kappa shape index (κ1) is 16.2. The van der Waals surface area contributed by atoms with E-state index >= 15 is 0 Å². The summed E-state index contributed by atoms with van der Waals surface area (Å²) < 4.78 is 26.1. The van der Waals surface area contributed by atoms with Gasteiger partial charge in [0, 0.05) is 13.3 Å². The molecule has 0 fully saturated rings. The van der Waals surface area contributed by atoms with Crippen LogP contribution in [0.25, 0.3) is 0 Å². The molecular weight excluding hydrogens is 354 g/mol. The number of nitrogens with zero attached hydrogens (tertiary/aromatic N) is 2. The smallest absolute Gasteiger partial charge is 0.175 e. The minimum atomic E-state index is -3.22. The normalized spacial score (nSPS) is 13.3. The second-order valence-electron chi connectivity index (χ2n) is 4.84. The van der Waals surface area contributed by atoms with Gasteiger partial charge in [0.25, 0.3) is 0 Å². The van der Waals surface area contributed by atoms with E-state index < -0.39 is 9.84 Å². The molecule has 0 saturated carbocycles. The highest BCUT2D eigenvalue weighted by atomic mass is 79.9. The van der Waals surface area contributed by atoms with E-state index in [1.807, 2.05) is 20.0 Å². The third kappa shape index (κ3) is 3.53. The Morgan fingerprint density at radius 2 is 2.14 bits per heavy atom. The minimum Gasteiger partial charge on any atom is -0.305 e. The molecule has 0 bridgehead atoms. The predicted molar refractivity (Wildman–Crippen MR) is 86.0 cm³/mol. The van der Waals surface area contributed by atoms with Crippen LogP contribution in [0.3, 0.4) is 0 Å². The van der Waals surface area contributed by atoms with E-state index in [1.54, 1.807) is 29.1 Å². The van der Waals surface area contributed by atoms with Crippen molar-refractivity contribution in [1.29, 1.82) is 0 Å². The molecule has 7 heteroatoms. The van der Waals surface area contributed by atoms with Crippen molar-refractivity contribution in [3.05, 3.63) is 46.2 Å². The lowest BCUT2D eigenvalue weighted by atomic mass is 10.0. The lowest BCUT2D eigenvalue weighted by molar-refractivity contribution is 0.569. The molecule has 0 radical (unpaired) electrons. The summed E-state index contributed by atoms with van der Waals surface area (Å²) in [6.07, 6.45) is 2.95. The number of nitrogens with one attached hydrogen (secondary N) is 1. The van der Waals surface area contributed by atoms with Crippen LogP contribution in [0.4, 0.5) is 0 Å². The molecule has 2 rings (SSSR count). The van der Waals surface area contributed by atoms with Gasteiger partial charge in [0.15, 0.2) is 9.84 Å². The largest absolute Gasteiger partial charge is 0.305 e. The minimum absolute atomic E-state index is 0.126. The summed E-state index contributed by atoms with van der Waals surface area (Å²) in [6.45, 7) is 2.77. The first-order chi connectivity index (χ1) is 9.84. The average molecular weight is 372 g/mol. The van der Waals surface area contributed by atoms with Gasteiger partial charge in [-0.15, -0.1) is 0 Å². The summed E-state index contributed by atoms with van der Waals surface area (Å²) in [5.74, 6) is 0. The molecule has 0 amide bonds. The zero-order chi connectivity index (χ0) is 15.6. The van der Waals surface area contributed by atoms with Gasteiger partial charge in [-0.05, 0) is 40.2 Å². The van der Waals surface area contributed by atoms with Crippen LogP contribution in [-0.2, 0) is 16.9 Å². The van der Waals surface area contributed by atoms with E-state index in [9.17, 15) is 8.42 Å². The lowest BCUT2D eigenvalue weighted by Gasteiger charge is -2.20. The molecule has 1 aromatic heterocycles. The average Bonchev–Trinajstić information content (AvgIpc) is 2.75. The highest BCUT2D eigenvalue weighted by Gasteiger charge is 2.21. The van der Waals surface area contributed by atoms with Crippen LogP contribution in [0.15, 0.2) is 39.8 Å². The number of hydrogen-bond donors (Lipinski definition) is 1. The Morgan fingerprint density at radius 3 is 2.67 bits per heavy atom. The van der Waals surface area contributed by atoms with Gasteiger partial charge < -0.3 is 5.32 Å². The zero-order valence-corrected chi connectivity index (χ0v) is 14.6. The van der Waals surface area contributed by atoms with E-state index in [1.165, 1.54) is 6.26 Å². The second-order valence-corrected chi connectivity index (χ2v) is 7.71. The molecular formula is C14H18BrN3O2S. The fraction of sp³-hybridized carbons (Fsp3) is 0.357. The number of aryl methyl sites for hydroxylation is 1. The molecule has 0 aliphatic carbocycles. The molecule has 5 nitrogen and oxygen atoms in total. The number of rotatable bonds is 5. The molecule has 0 spiro atoms. The van der Waals surface area contributed by atoms with Crippen molar-refractivity contribution in [2.75, 3.05) is 12.8 Å². The summed E-state index contributed by atoms with van der Waals surface area (Å²) in [7, 11) is -1.36. The highest BCUT2D eigenvalue weighted by Crippen LogP contribution is 2.29. The fourth-order valence-electron chi connectivity index (χ4n) is 2.25. The van der Waals surface area contributed by atoms with Gasteiger partial charge in [0.05, 0.1) is 27.3 Å². The molecule has 114 valence electrons. The molecule has 0 aliphatic rings. The quantitative estimate of drug-likeness (QED) is 0.875. The summed E-state index contributed by atoms with van der Waals surface area (Å²) in [6, 6.07) is 6.88.